The standard InChI is InChI=1S/C34H34N2O7/c1-34(2)16-24-30(25(37)17-34)29(20-8-12-27-28(14-20)43-18-42-27)31(32(38)19-6-9-21(39-3)10-7-19)33(35)36(24)23-15-22(40-4)11-13-26(23)41-5/h6-15,29,35,38H,16-18H2,1-5H3/t29-/m1/s1. The van der Waals surface area contributed by atoms with Gasteiger partial charge in [0.25, 0.3) is 0 Å². The van der Waals surface area contributed by atoms with E-state index in [1.54, 1.807) is 74.8 Å². The molecule has 2 heterocycles. The Balaban J connectivity index is 1.68. The molecule has 3 aromatic rings. The van der Waals surface area contributed by atoms with Crippen molar-refractivity contribution in [3.05, 3.63) is 88.6 Å². The maximum atomic E-state index is 14.2. The number of fused-ring (bicyclic) bond motifs is 1. The molecule has 3 aromatic carbocycles. The molecule has 0 saturated heterocycles. The Hall–Kier alpha value is -4.92. The van der Waals surface area contributed by atoms with Gasteiger partial charge in [0.15, 0.2) is 17.3 Å². The van der Waals surface area contributed by atoms with Gasteiger partial charge in [0, 0.05) is 40.8 Å². The minimum Gasteiger partial charge on any atom is -0.507 e. The van der Waals surface area contributed by atoms with E-state index in [0.29, 0.717) is 69.7 Å². The number of benzene rings is 3. The van der Waals surface area contributed by atoms with Crippen molar-refractivity contribution in [1.82, 2.24) is 0 Å². The van der Waals surface area contributed by atoms with E-state index in [1.807, 2.05) is 12.1 Å². The van der Waals surface area contributed by atoms with Crippen LogP contribution in [0.4, 0.5) is 5.69 Å². The zero-order valence-electron chi connectivity index (χ0n) is 24.8. The number of carbonyl (C=O) groups excluding carboxylic acids is 1. The smallest absolute Gasteiger partial charge is 0.231 e. The first kappa shape index (κ1) is 28.2. The van der Waals surface area contributed by atoms with Crippen LogP contribution in [0.3, 0.4) is 0 Å². The Bertz CT molecular complexity index is 1690. The molecule has 1 atom stereocenters. The minimum atomic E-state index is -0.740. The number of aliphatic hydroxyl groups excluding tert-OH is 1. The topological polar surface area (TPSA) is 111 Å². The lowest BCUT2D eigenvalue weighted by atomic mass is 9.67. The fraction of sp³-hybridized carbons (Fsp3) is 0.294. The summed E-state index contributed by atoms with van der Waals surface area (Å²) in [5.41, 5.74) is 2.85. The van der Waals surface area contributed by atoms with Gasteiger partial charge in [-0.25, -0.2) is 0 Å². The average Bonchev–Trinajstić information content (AvgIpc) is 3.47. The van der Waals surface area contributed by atoms with Gasteiger partial charge in [-0.1, -0.05) is 19.9 Å². The van der Waals surface area contributed by atoms with Crippen LogP contribution in [0, 0.1) is 10.8 Å². The van der Waals surface area contributed by atoms with Crippen molar-refractivity contribution in [2.75, 3.05) is 33.0 Å². The zero-order valence-corrected chi connectivity index (χ0v) is 24.8. The maximum absolute atomic E-state index is 14.2. The van der Waals surface area contributed by atoms with Crippen molar-refractivity contribution in [3.8, 4) is 28.7 Å². The second kappa shape index (κ2) is 10.7. The molecule has 9 nitrogen and oxygen atoms in total. The average molecular weight is 583 g/mol. The number of amidine groups is 1. The van der Waals surface area contributed by atoms with Crippen molar-refractivity contribution in [2.45, 2.75) is 32.6 Å². The molecule has 3 aliphatic rings. The van der Waals surface area contributed by atoms with Gasteiger partial charge < -0.3 is 28.8 Å². The molecule has 2 N–H and O–H groups in total. The molecular formula is C34H34N2O7. The summed E-state index contributed by atoms with van der Waals surface area (Å²) in [4.78, 5) is 16.0. The quantitative estimate of drug-likeness (QED) is 0.312. The zero-order chi connectivity index (χ0) is 30.5. The molecule has 9 heteroatoms. The highest BCUT2D eigenvalue weighted by Gasteiger charge is 2.47. The number of anilines is 1. The molecule has 43 heavy (non-hydrogen) atoms. The van der Waals surface area contributed by atoms with Crippen LogP contribution in [0.2, 0.25) is 0 Å². The molecule has 0 bridgehead atoms. The molecule has 6 rings (SSSR count). The van der Waals surface area contributed by atoms with Gasteiger partial charge in [0.2, 0.25) is 6.79 Å². The molecule has 1 aliphatic carbocycles. The first-order valence-electron chi connectivity index (χ1n) is 14.0. The highest BCUT2D eigenvalue weighted by molar-refractivity contribution is 6.20. The van der Waals surface area contributed by atoms with E-state index in [-0.39, 0.29) is 35.2 Å². The monoisotopic (exact) mass is 582 g/mol. The van der Waals surface area contributed by atoms with Crippen molar-refractivity contribution in [1.29, 1.82) is 5.41 Å². The highest BCUT2D eigenvalue weighted by Crippen LogP contribution is 2.53. The normalized spacial score (nSPS) is 20.1. The summed E-state index contributed by atoms with van der Waals surface area (Å²) >= 11 is 0. The Kier molecular flexibility index (Phi) is 7.04. The van der Waals surface area contributed by atoms with Crippen LogP contribution in [0.5, 0.6) is 28.7 Å². The van der Waals surface area contributed by atoms with Gasteiger partial charge >= 0.3 is 0 Å². The molecule has 2 aliphatic heterocycles. The van der Waals surface area contributed by atoms with Crippen molar-refractivity contribution < 1.29 is 33.6 Å². The van der Waals surface area contributed by atoms with Crippen LogP contribution in [0.1, 0.15) is 43.7 Å². The number of methoxy groups -OCH3 is 3. The van der Waals surface area contributed by atoms with E-state index in [1.165, 1.54) is 0 Å². The summed E-state index contributed by atoms with van der Waals surface area (Å²) in [5.74, 6) is 1.96. The molecule has 0 amide bonds. The molecule has 0 fully saturated rings. The number of ketones is 1. The van der Waals surface area contributed by atoms with Gasteiger partial charge in [-0.15, -0.1) is 0 Å². The summed E-state index contributed by atoms with van der Waals surface area (Å²) in [5, 5.41) is 21.7. The van der Waals surface area contributed by atoms with Crippen LogP contribution < -0.4 is 28.6 Å². The Morgan fingerprint density at radius 1 is 0.907 bits per heavy atom. The third-order valence-corrected chi connectivity index (χ3v) is 8.20. The Labute approximate surface area is 250 Å². The largest absolute Gasteiger partial charge is 0.507 e. The summed E-state index contributed by atoms with van der Waals surface area (Å²) in [6.45, 7) is 4.20. The number of nitrogens with one attached hydrogen (secondary N) is 1. The second-order valence-electron chi connectivity index (χ2n) is 11.6. The summed E-state index contributed by atoms with van der Waals surface area (Å²) in [7, 11) is 4.70. The third kappa shape index (κ3) is 4.84. The van der Waals surface area contributed by atoms with Gasteiger partial charge in [0.1, 0.15) is 28.8 Å². The molecule has 0 saturated carbocycles. The lowest BCUT2D eigenvalue weighted by Crippen LogP contribution is -2.45. The fourth-order valence-corrected chi connectivity index (χ4v) is 6.18. The first-order valence-corrected chi connectivity index (χ1v) is 14.0. The van der Waals surface area contributed by atoms with E-state index >= 15 is 0 Å². The van der Waals surface area contributed by atoms with Crippen molar-refractivity contribution in [3.63, 3.8) is 0 Å². The van der Waals surface area contributed by atoms with Gasteiger partial charge in [-0.05, 0) is 65.9 Å². The highest BCUT2D eigenvalue weighted by atomic mass is 16.7. The number of Topliss-reactive ketones (excluding diaryl/α,β-unsaturated/α-hetero) is 1. The van der Waals surface area contributed by atoms with Crippen LogP contribution in [0.15, 0.2) is 77.5 Å². The van der Waals surface area contributed by atoms with Crippen molar-refractivity contribution in [2.24, 2.45) is 5.41 Å². The van der Waals surface area contributed by atoms with E-state index in [4.69, 9.17) is 23.7 Å². The number of ether oxygens (including phenoxy) is 5. The number of hydrogen-bond donors (Lipinski definition) is 2. The predicted molar refractivity (Wildman–Crippen MR) is 163 cm³/mol. The van der Waals surface area contributed by atoms with E-state index < -0.39 is 5.92 Å². The van der Waals surface area contributed by atoms with E-state index in [2.05, 4.69) is 13.8 Å². The number of hydrogen-bond acceptors (Lipinski definition) is 8. The molecular weight excluding hydrogens is 548 g/mol. The number of rotatable bonds is 6. The lowest BCUT2D eigenvalue weighted by Gasteiger charge is -2.45. The van der Waals surface area contributed by atoms with Gasteiger partial charge in [0.05, 0.1) is 27.0 Å². The second-order valence-corrected chi connectivity index (χ2v) is 11.6. The molecule has 0 radical (unpaired) electrons. The lowest BCUT2D eigenvalue weighted by molar-refractivity contribution is -0.118. The Morgan fingerprint density at radius 2 is 1.60 bits per heavy atom. The molecule has 0 aromatic heterocycles. The molecule has 222 valence electrons. The molecule has 0 unspecified atom stereocenters. The predicted octanol–water partition coefficient (Wildman–Crippen LogP) is 6.63. The van der Waals surface area contributed by atoms with Crippen LogP contribution >= 0.6 is 0 Å². The van der Waals surface area contributed by atoms with Gasteiger partial charge in [-0.3, -0.25) is 15.1 Å². The van der Waals surface area contributed by atoms with E-state index in [0.717, 1.165) is 0 Å². The fourth-order valence-electron chi connectivity index (χ4n) is 6.18. The van der Waals surface area contributed by atoms with Gasteiger partial charge in [-0.2, -0.15) is 0 Å². The van der Waals surface area contributed by atoms with E-state index in [9.17, 15) is 15.3 Å². The maximum Gasteiger partial charge on any atom is 0.231 e. The summed E-state index contributed by atoms with van der Waals surface area (Å²) in [6.07, 6.45) is 0.842. The number of nitrogens with zero attached hydrogens (tertiary/aromatic N) is 1. The SMILES string of the molecule is COc1ccc(C(O)=C2C(=N)N(c3cc(OC)ccc3OC)C3=C(C(=O)CC(C)(C)C3)[C@H]2c2ccc3c(c2)OCO3)cc1. The number of allylic oxidation sites excluding steroid dienone is 2. The van der Waals surface area contributed by atoms with Crippen LogP contribution in [-0.2, 0) is 4.79 Å². The summed E-state index contributed by atoms with van der Waals surface area (Å²) in [6, 6.07) is 17.8. The van der Waals surface area contributed by atoms with Crippen LogP contribution in [0.25, 0.3) is 5.76 Å². The first-order chi connectivity index (χ1) is 20.7. The number of carbonyl (C=O) groups is 1. The Morgan fingerprint density at radius 3 is 2.30 bits per heavy atom. The van der Waals surface area contributed by atoms with Crippen LogP contribution in [-0.4, -0.2) is 44.8 Å². The van der Waals surface area contributed by atoms with Crippen molar-refractivity contribution >= 4 is 23.1 Å². The molecule has 0 spiro atoms. The third-order valence-electron chi connectivity index (χ3n) is 8.20. The summed E-state index contributed by atoms with van der Waals surface area (Å²) < 4.78 is 27.9. The number of aliphatic hydroxyl groups is 1. The minimum absolute atomic E-state index is 0.0202.